The van der Waals surface area contributed by atoms with Crippen molar-refractivity contribution >= 4 is 45.9 Å². The molecule has 0 aliphatic carbocycles. The van der Waals surface area contributed by atoms with Crippen LogP contribution in [0.4, 0.5) is 15.8 Å². The van der Waals surface area contributed by atoms with Crippen molar-refractivity contribution in [1.29, 1.82) is 0 Å². The lowest BCUT2D eigenvalue weighted by molar-refractivity contribution is -0.149. The van der Waals surface area contributed by atoms with Gasteiger partial charge in [-0.05, 0) is 53.0 Å². The maximum atomic E-state index is 13.4. The van der Waals surface area contributed by atoms with Gasteiger partial charge in [0.2, 0.25) is 5.60 Å². The number of halogens is 2. The Labute approximate surface area is 185 Å². The first-order valence-corrected chi connectivity index (χ1v) is 10.9. The maximum Gasteiger partial charge on any atom is 0.268 e. The van der Waals surface area contributed by atoms with Gasteiger partial charge in [0, 0.05) is 43.0 Å². The number of carbonyl (C=O) groups is 2. The van der Waals surface area contributed by atoms with Gasteiger partial charge in [-0.3, -0.25) is 13.8 Å². The lowest BCUT2D eigenvalue weighted by Gasteiger charge is -2.24. The molecule has 31 heavy (non-hydrogen) atoms. The summed E-state index contributed by atoms with van der Waals surface area (Å²) in [5, 5.41) is 13.4. The van der Waals surface area contributed by atoms with Crippen molar-refractivity contribution in [3.8, 4) is 0 Å². The van der Waals surface area contributed by atoms with Crippen LogP contribution in [-0.2, 0) is 27.2 Å². The third-order valence-corrected chi connectivity index (χ3v) is 5.74. The monoisotopic (exact) mass is 468 g/mol. The van der Waals surface area contributed by atoms with E-state index in [-0.39, 0.29) is 30.4 Å². The number of hydrogen-bond acceptors (Lipinski definition) is 6. The van der Waals surface area contributed by atoms with Crippen LogP contribution in [0.5, 0.6) is 0 Å². The zero-order valence-electron chi connectivity index (χ0n) is 16.5. The van der Waals surface area contributed by atoms with Gasteiger partial charge < -0.3 is 24.8 Å². The lowest BCUT2D eigenvalue weighted by atomic mass is 10.0. The highest BCUT2D eigenvalue weighted by molar-refractivity contribution is 7.79. The van der Waals surface area contributed by atoms with E-state index in [0.29, 0.717) is 16.9 Å². The molecule has 3 rings (SSSR count). The first-order valence-electron chi connectivity index (χ1n) is 9.25. The van der Waals surface area contributed by atoms with Crippen molar-refractivity contribution in [1.82, 2.24) is 5.32 Å². The molecule has 1 fully saturated rings. The molecule has 2 aromatic rings. The number of hydrogen-bond donors (Lipinski definition) is 2. The Kier molecular flexibility index (Phi) is 6.95. The molecule has 1 saturated heterocycles. The highest BCUT2D eigenvalue weighted by Gasteiger charge is 2.51. The number of anilines is 2. The Morgan fingerprint density at radius 1 is 1.39 bits per heavy atom. The van der Waals surface area contributed by atoms with Crippen LogP contribution in [0, 0.1) is 5.82 Å². The molecule has 2 amide bonds. The van der Waals surface area contributed by atoms with Crippen molar-refractivity contribution in [3.05, 3.63) is 58.9 Å². The van der Waals surface area contributed by atoms with Crippen LogP contribution >= 0.6 is 11.6 Å². The summed E-state index contributed by atoms with van der Waals surface area (Å²) < 4.78 is 35.3. The zero-order valence-corrected chi connectivity index (χ0v) is 18.1. The Bertz CT molecular complexity index is 1020. The van der Waals surface area contributed by atoms with Gasteiger partial charge in [0.25, 0.3) is 11.8 Å². The Morgan fingerprint density at radius 3 is 2.81 bits per heavy atom. The minimum absolute atomic E-state index is 0.0925. The van der Waals surface area contributed by atoms with E-state index in [0.717, 1.165) is 6.07 Å². The Hall–Kier alpha value is -2.53. The van der Waals surface area contributed by atoms with Crippen molar-refractivity contribution in [2.45, 2.75) is 18.6 Å². The molecule has 11 heteroatoms. The van der Waals surface area contributed by atoms with E-state index in [9.17, 15) is 27.8 Å². The summed E-state index contributed by atoms with van der Waals surface area (Å²) >= 11 is 3.51. The van der Waals surface area contributed by atoms with E-state index >= 15 is 0 Å². The maximum absolute atomic E-state index is 13.4. The van der Waals surface area contributed by atoms with Crippen LogP contribution < -0.4 is 15.1 Å². The molecule has 1 aliphatic rings. The van der Waals surface area contributed by atoms with Gasteiger partial charge in [0.05, 0.1) is 5.88 Å². The van der Waals surface area contributed by atoms with Gasteiger partial charge in [-0.25, -0.2) is 4.39 Å². The predicted octanol–water partition coefficient (Wildman–Crippen LogP) is 1.54. The second-order valence-corrected chi connectivity index (χ2v) is 8.48. The van der Waals surface area contributed by atoms with Gasteiger partial charge >= 0.3 is 0 Å². The smallest absolute Gasteiger partial charge is 0.268 e. The van der Waals surface area contributed by atoms with Crippen molar-refractivity contribution in [3.63, 3.8) is 0 Å². The number of nitrogens with one attached hydrogen (secondary N) is 1. The summed E-state index contributed by atoms with van der Waals surface area (Å²) in [6, 6.07) is 10.3. The van der Waals surface area contributed by atoms with Gasteiger partial charge in [0.1, 0.15) is 5.82 Å². The molecule has 2 atom stereocenters. The second kappa shape index (κ2) is 9.31. The number of benzene rings is 2. The lowest BCUT2D eigenvalue weighted by Crippen LogP contribution is -2.52. The number of carbonyl (C=O) groups excluding carboxylic acids is 2. The standard InChI is InChI=1S/C20H21ClFN3O5S/c1-24(12-31(29)30)16-3-2-4-17(10-16)25-6-5-20(28,19(25)27)18(26)23-11-13-7-14(21)9-15(22)8-13/h2-4,7-10,28H,5-6,11-12H2,1H3,(H,23,26)(H,29,30)/p-1/t20-/m0/s1. The van der Waals surface area contributed by atoms with Gasteiger partial charge in [-0.15, -0.1) is 0 Å². The SMILES string of the molecule is CN(CS(=O)[O-])c1cccc(N2CC[C@](O)(C(=O)NCc3cc(F)cc(Cl)c3)C2=O)c1. The van der Waals surface area contributed by atoms with Crippen LogP contribution in [0.15, 0.2) is 42.5 Å². The summed E-state index contributed by atoms with van der Waals surface area (Å²) in [7, 11) is 1.59. The van der Waals surface area contributed by atoms with E-state index in [2.05, 4.69) is 5.32 Å². The highest BCUT2D eigenvalue weighted by Crippen LogP contribution is 2.31. The molecule has 1 unspecified atom stereocenters. The van der Waals surface area contributed by atoms with E-state index in [1.165, 1.54) is 21.9 Å². The van der Waals surface area contributed by atoms with Crippen LogP contribution in [-0.4, -0.2) is 50.8 Å². The molecule has 1 aliphatic heterocycles. The molecule has 2 aromatic carbocycles. The molecule has 0 bridgehead atoms. The highest BCUT2D eigenvalue weighted by atomic mass is 35.5. The second-order valence-electron chi connectivity index (χ2n) is 7.18. The molecule has 8 nitrogen and oxygen atoms in total. The van der Waals surface area contributed by atoms with Crippen molar-refractivity contribution < 1.29 is 27.8 Å². The molecule has 166 valence electrons. The number of rotatable bonds is 7. The normalized spacial score (nSPS) is 19.4. The molecular formula is C20H20ClFN3O5S-. The van der Waals surface area contributed by atoms with Gasteiger partial charge in [-0.1, -0.05) is 17.7 Å². The quantitative estimate of drug-likeness (QED) is 0.470. The van der Waals surface area contributed by atoms with Crippen molar-refractivity contribution in [2.24, 2.45) is 0 Å². The predicted molar refractivity (Wildman–Crippen MR) is 114 cm³/mol. The van der Waals surface area contributed by atoms with E-state index in [4.69, 9.17) is 11.6 Å². The third kappa shape index (κ3) is 5.21. The molecular weight excluding hydrogens is 449 g/mol. The average Bonchev–Trinajstić information content (AvgIpc) is 3.01. The minimum Gasteiger partial charge on any atom is -0.771 e. The zero-order chi connectivity index (χ0) is 22.8. The van der Waals surface area contributed by atoms with Crippen LogP contribution in [0.3, 0.4) is 0 Å². The summed E-state index contributed by atoms with van der Waals surface area (Å²) in [6.07, 6.45) is -0.133. The summed E-state index contributed by atoms with van der Waals surface area (Å²) in [4.78, 5) is 28.2. The fraction of sp³-hybridized carbons (Fsp3) is 0.300. The van der Waals surface area contributed by atoms with Gasteiger partial charge in [-0.2, -0.15) is 0 Å². The Morgan fingerprint density at radius 2 is 2.13 bits per heavy atom. The number of aliphatic hydroxyl groups is 1. The van der Waals surface area contributed by atoms with Crippen LogP contribution in [0.1, 0.15) is 12.0 Å². The molecule has 1 heterocycles. The van der Waals surface area contributed by atoms with Crippen molar-refractivity contribution in [2.75, 3.05) is 29.3 Å². The summed E-state index contributed by atoms with van der Waals surface area (Å²) in [6.45, 7) is -0.0201. The first-order chi connectivity index (χ1) is 14.6. The minimum atomic E-state index is -2.28. The summed E-state index contributed by atoms with van der Waals surface area (Å²) in [5.74, 6) is -2.48. The van der Waals surface area contributed by atoms with Crippen LogP contribution in [0.25, 0.3) is 0 Å². The topological polar surface area (TPSA) is 113 Å². The third-order valence-electron chi connectivity index (χ3n) is 4.93. The van der Waals surface area contributed by atoms with Crippen LogP contribution in [0.2, 0.25) is 5.02 Å². The molecule has 0 radical (unpaired) electrons. The average molecular weight is 469 g/mol. The number of nitrogens with zero attached hydrogens (tertiary/aromatic N) is 2. The van der Waals surface area contributed by atoms with E-state index in [1.807, 2.05) is 0 Å². The first kappa shape index (κ1) is 23.1. The van der Waals surface area contributed by atoms with Gasteiger partial charge in [0.15, 0.2) is 0 Å². The molecule has 2 N–H and O–H groups in total. The largest absolute Gasteiger partial charge is 0.771 e. The number of amides is 2. The fourth-order valence-corrected chi connectivity index (χ4v) is 4.04. The Balaban J connectivity index is 1.72. The van der Waals surface area contributed by atoms with E-state index < -0.39 is 34.3 Å². The summed E-state index contributed by atoms with van der Waals surface area (Å²) in [5.41, 5.74) is -0.907. The fourth-order valence-electron chi connectivity index (χ4n) is 3.33. The molecule has 0 spiro atoms. The molecule has 0 saturated carbocycles. The molecule has 0 aromatic heterocycles. The van der Waals surface area contributed by atoms with E-state index in [1.54, 1.807) is 31.3 Å².